The Bertz CT molecular complexity index is 286. The quantitative estimate of drug-likeness (QED) is 0.867. The third-order valence-electron chi connectivity index (χ3n) is 4.50. The van der Waals surface area contributed by atoms with Crippen LogP contribution in [0.3, 0.4) is 0 Å². The molecule has 5 heteroatoms. The summed E-state index contributed by atoms with van der Waals surface area (Å²) in [4.78, 5) is 13.7. The van der Waals surface area contributed by atoms with E-state index in [4.69, 9.17) is 10.5 Å². The van der Waals surface area contributed by atoms with Gasteiger partial charge in [-0.05, 0) is 44.4 Å². The SMILES string of the molecule is CC1CCC(OC2CCN(C(=O)CCN)CC2)CC1.Cl. The number of ether oxygens (including phenoxy) is 1. The van der Waals surface area contributed by atoms with Gasteiger partial charge in [-0.3, -0.25) is 4.79 Å². The van der Waals surface area contributed by atoms with Crippen LogP contribution < -0.4 is 5.73 Å². The highest BCUT2D eigenvalue weighted by Gasteiger charge is 2.26. The zero-order valence-electron chi connectivity index (χ0n) is 12.6. The highest BCUT2D eigenvalue weighted by molar-refractivity contribution is 5.85. The molecule has 0 aromatic heterocycles. The lowest BCUT2D eigenvalue weighted by Gasteiger charge is -2.35. The van der Waals surface area contributed by atoms with Crippen molar-refractivity contribution in [3.05, 3.63) is 0 Å². The van der Waals surface area contributed by atoms with Crippen LogP contribution in [-0.2, 0) is 9.53 Å². The van der Waals surface area contributed by atoms with Crippen LogP contribution in [0.5, 0.6) is 0 Å². The number of amides is 1. The van der Waals surface area contributed by atoms with Crippen LogP contribution in [0.15, 0.2) is 0 Å². The molecule has 0 unspecified atom stereocenters. The van der Waals surface area contributed by atoms with Gasteiger partial charge in [-0.1, -0.05) is 6.92 Å². The summed E-state index contributed by atoms with van der Waals surface area (Å²) in [7, 11) is 0. The minimum Gasteiger partial charge on any atom is -0.375 e. The minimum atomic E-state index is 0. The van der Waals surface area contributed by atoms with Crippen molar-refractivity contribution >= 4 is 18.3 Å². The van der Waals surface area contributed by atoms with Crippen LogP contribution in [-0.4, -0.2) is 42.6 Å². The molecule has 4 nitrogen and oxygen atoms in total. The number of nitrogens with two attached hydrogens (primary N) is 1. The monoisotopic (exact) mass is 304 g/mol. The molecule has 0 atom stereocenters. The molecule has 0 aromatic rings. The highest BCUT2D eigenvalue weighted by Crippen LogP contribution is 2.28. The van der Waals surface area contributed by atoms with E-state index in [9.17, 15) is 4.79 Å². The van der Waals surface area contributed by atoms with Gasteiger partial charge in [0, 0.05) is 26.1 Å². The molecular formula is C15H29ClN2O2. The normalized spacial score (nSPS) is 28.0. The van der Waals surface area contributed by atoms with Crippen LogP contribution in [0, 0.1) is 5.92 Å². The lowest BCUT2D eigenvalue weighted by atomic mass is 9.88. The van der Waals surface area contributed by atoms with Gasteiger partial charge in [-0.15, -0.1) is 12.4 Å². The lowest BCUT2D eigenvalue weighted by molar-refractivity contribution is -0.134. The van der Waals surface area contributed by atoms with Gasteiger partial charge < -0.3 is 15.4 Å². The number of halogens is 1. The first-order valence-electron chi connectivity index (χ1n) is 7.82. The maximum Gasteiger partial charge on any atom is 0.223 e. The fraction of sp³-hybridized carbons (Fsp3) is 0.933. The minimum absolute atomic E-state index is 0. The number of piperidine rings is 1. The molecule has 2 fully saturated rings. The van der Waals surface area contributed by atoms with E-state index in [1.807, 2.05) is 4.90 Å². The predicted octanol–water partition coefficient (Wildman–Crippen LogP) is 2.34. The Kier molecular flexibility index (Phi) is 7.85. The third-order valence-corrected chi connectivity index (χ3v) is 4.50. The summed E-state index contributed by atoms with van der Waals surface area (Å²) in [5, 5.41) is 0. The van der Waals surface area contributed by atoms with Gasteiger partial charge >= 0.3 is 0 Å². The van der Waals surface area contributed by atoms with Gasteiger partial charge in [0.2, 0.25) is 5.91 Å². The molecular weight excluding hydrogens is 276 g/mol. The molecule has 1 aliphatic heterocycles. The van der Waals surface area contributed by atoms with Gasteiger partial charge in [-0.25, -0.2) is 0 Å². The smallest absolute Gasteiger partial charge is 0.223 e. The zero-order valence-corrected chi connectivity index (χ0v) is 13.4. The van der Waals surface area contributed by atoms with Gasteiger partial charge in [0.25, 0.3) is 0 Å². The second-order valence-corrected chi connectivity index (χ2v) is 6.14. The molecule has 1 amide bonds. The maximum atomic E-state index is 11.7. The summed E-state index contributed by atoms with van der Waals surface area (Å²) in [6, 6.07) is 0. The highest BCUT2D eigenvalue weighted by atomic mass is 35.5. The van der Waals surface area contributed by atoms with Crippen molar-refractivity contribution in [1.29, 1.82) is 0 Å². The van der Waals surface area contributed by atoms with Crippen molar-refractivity contribution in [1.82, 2.24) is 4.90 Å². The Balaban J connectivity index is 0.00000200. The summed E-state index contributed by atoms with van der Waals surface area (Å²) >= 11 is 0. The van der Waals surface area contributed by atoms with Crippen molar-refractivity contribution in [2.24, 2.45) is 11.7 Å². The topological polar surface area (TPSA) is 55.6 Å². The summed E-state index contributed by atoms with van der Waals surface area (Å²) in [5.41, 5.74) is 5.43. The zero-order chi connectivity index (χ0) is 13.7. The van der Waals surface area contributed by atoms with E-state index in [0.29, 0.717) is 25.2 Å². The molecule has 2 rings (SSSR count). The molecule has 0 aromatic carbocycles. The molecule has 1 heterocycles. The maximum absolute atomic E-state index is 11.7. The van der Waals surface area contributed by atoms with Crippen LogP contribution in [0.4, 0.5) is 0 Å². The van der Waals surface area contributed by atoms with Gasteiger partial charge in [0.05, 0.1) is 12.2 Å². The Morgan fingerprint density at radius 1 is 1.10 bits per heavy atom. The Morgan fingerprint density at radius 2 is 1.65 bits per heavy atom. The fourth-order valence-electron chi connectivity index (χ4n) is 3.16. The number of carbonyl (C=O) groups excluding carboxylic acids is 1. The third kappa shape index (κ3) is 5.23. The Labute approximate surface area is 128 Å². The average molecular weight is 305 g/mol. The number of hydrogen-bond acceptors (Lipinski definition) is 3. The van der Waals surface area contributed by atoms with Crippen LogP contribution in [0.1, 0.15) is 51.9 Å². The first-order valence-corrected chi connectivity index (χ1v) is 7.82. The predicted molar refractivity (Wildman–Crippen MR) is 83.0 cm³/mol. The van der Waals surface area contributed by atoms with E-state index in [1.165, 1.54) is 25.7 Å². The summed E-state index contributed by atoms with van der Waals surface area (Å²) in [6.07, 6.45) is 8.32. The summed E-state index contributed by atoms with van der Waals surface area (Å²) < 4.78 is 6.21. The second kappa shape index (κ2) is 8.85. The Hall–Kier alpha value is -0.320. The average Bonchev–Trinajstić information content (AvgIpc) is 2.42. The molecule has 20 heavy (non-hydrogen) atoms. The van der Waals surface area contributed by atoms with E-state index < -0.39 is 0 Å². The van der Waals surface area contributed by atoms with Crippen LogP contribution in [0.2, 0.25) is 0 Å². The number of carbonyl (C=O) groups is 1. The molecule has 0 radical (unpaired) electrons. The summed E-state index contributed by atoms with van der Waals surface area (Å²) in [5.74, 6) is 1.07. The molecule has 0 bridgehead atoms. The first kappa shape index (κ1) is 17.7. The molecule has 1 aliphatic carbocycles. The van der Waals surface area contributed by atoms with E-state index in [-0.39, 0.29) is 18.3 Å². The first-order chi connectivity index (χ1) is 9.19. The molecule has 1 saturated carbocycles. The standard InChI is InChI=1S/C15H28N2O2.ClH/c1-12-2-4-13(5-3-12)19-14-7-10-17(11-8-14)15(18)6-9-16;/h12-14H,2-11,16H2,1H3;1H. The number of nitrogens with zero attached hydrogens (tertiary/aromatic N) is 1. The van der Waals surface area contributed by atoms with Crippen molar-refractivity contribution in [2.75, 3.05) is 19.6 Å². The van der Waals surface area contributed by atoms with Crippen molar-refractivity contribution in [3.8, 4) is 0 Å². The molecule has 118 valence electrons. The Morgan fingerprint density at radius 3 is 2.20 bits per heavy atom. The van der Waals surface area contributed by atoms with Crippen LogP contribution in [0.25, 0.3) is 0 Å². The van der Waals surface area contributed by atoms with E-state index in [1.54, 1.807) is 0 Å². The fourth-order valence-corrected chi connectivity index (χ4v) is 3.16. The summed E-state index contributed by atoms with van der Waals surface area (Å²) in [6.45, 7) is 4.46. The van der Waals surface area contributed by atoms with Crippen molar-refractivity contribution in [2.45, 2.75) is 64.1 Å². The molecule has 0 spiro atoms. The molecule has 2 N–H and O–H groups in total. The molecule has 2 aliphatic rings. The van der Waals surface area contributed by atoms with E-state index >= 15 is 0 Å². The van der Waals surface area contributed by atoms with Crippen molar-refractivity contribution < 1.29 is 9.53 Å². The number of rotatable bonds is 4. The largest absolute Gasteiger partial charge is 0.375 e. The van der Waals surface area contributed by atoms with Gasteiger partial charge in [-0.2, -0.15) is 0 Å². The van der Waals surface area contributed by atoms with Crippen LogP contribution >= 0.6 is 12.4 Å². The molecule has 1 saturated heterocycles. The van der Waals surface area contributed by atoms with E-state index in [0.717, 1.165) is 31.8 Å². The van der Waals surface area contributed by atoms with Gasteiger partial charge in [0.15, 0.2) is 0 Å². The number of hydrogen-bond donors (Lipinski definition) is 1. The second-order valence-electron chi connectivity index (χ2n) is 6.14. The van der Waals surface area contributed by atoms with Crippen molar-refractivity contribution in [3.63, 3.8) is 0 Å². The number of likely N-dealkylation sites (tertiary alicyclic amines) is 1. The van der Waals surface area contributed by atoms with E-state index in [2.05, 4.69) is 6.92 Å². The lowest BCUT2D eigenvalue weighted by Crippen LogP contribution is -2.42. The van der Waals surface area contributed by atoms with Gasteiger partial charge in [0.1, 0.15) is 0 Å².